The Balaban J connectivity index is 1.94. The molecule has 2 aromatic rings. The first kappa shape index (κ1) is 27.8. The van der Waals surface area contributed by atoms with Crippen molar-refractivity contribution in [3.8, 4) is 0 Å². The van der Waals surface area contributed by atoms with E-state index in [1.165, 1.54) is 0 Å². The highest BCUT2D eigenvalue weighted by atomic mass is 127. The molecule has 35 heavy (non-hydrogen) atoms. The maximum Gasteiger partial charge on any atom is 0.262 e. The first-order valence-corrected chi connectivity index (χ1v) is 15.7. The van der Waals surface area contributed by atoms with Crippen LogP contribution < -0.4 is 5.56 Å². The Morgan fingerprint density at radius 1 is 1.40 bits per heavy atom. The van der Waals surface area contributed by atoms with Gasteiger partial charge in [-0.15, -0.1) is 0 Å². The molecule has 1 aliphatic heterocycles. The Morgan fingerprint density at radius 3 is 2.69 bits per heavy atom. The van der Waals surface area contributed by atoms with Crippen LogP contribution in [0.3, 0.4) is 0 Å². The average molecular weight is 617 g/mol. The van der Waals surface area contributed by atoms with Gasteiger partial charge in [-0.2, -0.15) is 4.98 Å². The summed E-state index contributed by atoms with van der Waals surface area (Å²) in [6.07, 6.45) is 3.06. The molecule has 1 saturated heterocycles. The predicted octanol–water partition coefficient (Wildman–Crippen LogP) is 4.64. The quantitative estimate of drug-likeness (QED) is 0.152. The summed E-state index contributed by atoms with van der Waals surface area (Å²) >= 11 is 2.15. The third kappa shape index (κ3) is 6.52. The van der Waals surface area contributed by atoms with E-state index in [2.05, 4.69) is 76.6 Å². The highest BCUT2D eigenvalue weighted by Crippen LogP contribution is 2.39. The van der Waals surface area contributed by atoms with Crippen molar-refractivity contribution in [3.05, 3.63) is 20.1 Å². The van der Waals surface area contributed by atoms with Crippen molar-refractivity contribution < 1.29 is 14.0 Å². The zero-order valence-electron chi connectivity index (χ0n) is 22.0. The number of nitrogens with one attached hydrogen (secondary N) is 1. The molecular weight excluding hydrogens is 579 g/mol. The fraction of sp³-hybridized carbons (Fsp3) is 0.652. The molecule has 2 aromatic heterocycles. The van der Waals surface area contributed by atoms with Crippen LogP contribution in [0.25, 0.3) is 11.0 Å². The third-order valence-corrected chi connectivity index (χ3v) is 11.6. The first-order chi connectivity index (χ1) is 16.2. The number of aliphatic imine (C=N–C) groups is 1. The molecule has 0 radical (unpaired) electrons. The van der Waals surface area contributed by atoms with Crippen molar-refractivity contribution in [2.24, 2.45) is 10.1 Å². The second-order valence-electron chi connectivity index (χ2n) is 10.8. The zero-order chi connectivity index (χ0) is 26.1. The van der Waals surface area contributed by atoms with Gasteiger partial charge < -0.3 is 23.5 Å². The van der Waals surface area contributed by atoms with Gasteiger partial charge in [-0.3, -0.25) is 9.78 Å². The summed E-state index contributed by atoms with van der Waals surface area (Å²) < 4.78 is 15.6. The summed E-state index contributed by atoms with van der Waals surface area (Å²) in [4.78, 5) is 32.1. The number of hydrogen-bond acceptors (Lipinski definition) is 7. The van der Waals surface area contributed by atoms with Crippen LogP contribution in [-0.4, -0.2) is 72.7 Å². The lowest BCUT2D eigenvalue weighted by Gasteiger charge is -2.37. The van der Waals surface area contributed by atoms with Crippen LogP contribution in [0.15, 0.2) is 21.1 Å². The Kier molecular flexibility index (Phi) is 8.49. The fourth-order valence-corrected chi connectivity index (χ4v) is 5.16. The van der Waals surface area contributed by atoms with Gasteiger partial charge >= 0.3 is 0 Å². The molecule has 0 aromatic carbocycles. The fourth-order valence-electron chi connectivity index (χ4n) is 3.36. The molecule has 1 aliphatic rings. The molecule has 1 N–H and O–H groups in total. The predicted molar refractivity (Wildman–Crippen MR) is 150 cm³/mol. The van der Waals surface area contributed by atoms with E-state index in [9.17, 15) is 4.79 Å². The lowest BCUT2D eigenvalue weighted by atomic mass is 10.2. The monoisotopic (exact) mass is 616 g/mol. The van der Waals surface area contributed by atoms with E-state index in [4.69, 9.17) is 14.0 Å². The van der Waals surface area contributed by atoms with Crippen LogP contribution in [0.2, 0.25) is 18.1 Å². The van der Waals surface area contributed by atoms with Gasteiger partial charge in [-0.1, -0.05) is 25.9 Å². The molecular formula is C23H37IN6O4Si. The number of ether oxygens (including phenoxy) is 1. The van der Waals surface area contributed by atoms with E-state index in [-0.39, 0.29) is 35.0 Å². The summed E-state index contributed by atoms with van der Waals surface area (Å²) in [5.74, 6) is 0.238. The minimum atomic E-state index is -1.98. The second kappa shape index (κ2) is 10.7. The molecule has 194 valence electrons. The number of H-pyrrole nitrogens is 1. The van der Waals surface area contributed by atoms with Crippen molar-refractivity contribution >= 4 is 59.9 Å². The van der Waals surface area contributed by atoms with Gasteiger partial charge in [0.1, 0.15) is 12.3 Å². The lowest BCUT2D eigenvalue weighted by molar-refractivity contribution is -0.0571. The van der Waals surface area contributed by atoms with E-state index < -0.39 is 8.32 Å². The maximum atomic E-state index is 12.8. The smallest absolute Gasteiger partial charge is 0.262 e. The van der Waals surface area contributed by atoms with Crippen molar-refractivity contribution in [1.29, 1.82) is 0 Å². The molecule has 10 nitrogen and oxygen atoms in total. The number of hydrogen-bond donors (Lipinski definition) is 1. The number of nitrogens with zero attached hydrogens (tertiary/aromatic N) is 5. The van der Waals surface area contributed by atoms with Gasteiger partial charge in [0.05, 0.1) is 24.0 Å². The molecule has 1 fully saturated rings. The molecule has 3 rings (SSSR count). The van der Waals surface area contributed by atoms with Crippen molar-refractivity contribution in [2.75, 3.05) is 20.7 Å². The van der Waals surface area contributed by atoms with Crippen molar-refractivity contribution in [1.82, 2.24) is 19.4 Å². The molecule has 0 bridgehead atoms. The van der Waals surface area contributed by atoms with Gasteiger partial charge in [0.2, 0.25) is 5.95 Å². The topological polar surface area (TPSA) is 106 Å². The third-order valence-electron chi connectivity index (χ3n) is 6.31. The molecule has 1 unspecified atom stereocenters. The van der Waals surface area contributed by atoms with Crippen LogP contribution >= 0.6 is 22.6 Å². The van der Waals surface area contributed by atoms with Crippen LogP contribution in [0, 0.1) is 3.57 Å². The number of fused-ring (bicyclic) bond motifs is 1. The molecule has 3 atom stereocenters. The van der Waals surface area contributed by atoms with Gasteiger partial charge in [-0.05, 0) is 54.6 Å². The largest absolute Gasteiger partial charge is 0.414 e. The number of rotatable bonds is 8. The van der Waals surface area contributed by atoms with Crippen LogP contribution in [-0.2, 0) is 14.0 Å². The van der Waals surface area contributed by atoms with E-state index >= 15 is 0 Å². The summed E-state index contributed by atoms with van der Waals surface area (Å²) in [6.45, 7) is 15.3. The summed E-state index contributed by atoms with van der Waals surface area (Å²) in [5.41, 5.74) is 1.11. The molecule has 0 aliphatic carbocycles. The Labute approximate surface area is 221 Å². The van der Waals surface area contributed by atoms with E-state index in [0.717, 1.165) is 9.28 Å². The molecule has 0 saturated carbocycles. The van der Waals surface area contributed by atoms with Gasteiger partial charge in [-0.25, -0.2) is 4.99 Å². The standard InChI is InChI=1S/C23H37IN6O4Si/c1-14(2)28-34-16-10-18(33-17(16)12-32-35(8,9)23(3,4)5)30-11-15(24)19-20(30)26-22(27-21(19)31)25-13-29(6)7/h11,13,16-18H,10,12H2,1-9H3,(H,26,27,31)/t16?,17-,18-/m1/s1. The van der Waals surface area contributed by atoms with E-state index in [0.29, 0.717) is 24.1 Å². The zero-order valence-corrected chi connectivity index (χ0v) is 25.2. The normalized spacial score (nSPS) is 21.1. The maximum absolute atomic E-state index is 12.8. The van der Waals surface area contributed by atoms with Gasteiger partial charge in [0.25, 0.3) is 5.56 Å². The van der Waals surface area contributed by atoms with E-state index in [1.807, 2.05) is 38.7 Å². The first-order valence-electron chi connectivity index (χ1n) is 11.7. The second-order valence-corrected chi connectivity index (χ2v) is 16.8. The number of halogens is 1. The molecule has 0 spiro atoms. The Hall–Kier alpha value is -1.77. The number of aromatic nitrogens is 3. The average Bonchev–Trinajstić information content (AvgIpc) is 3.29. The lowest BCUT2D eigenvalue weighted by Crippen LogP contribution is -2.44. The molecule has 3 heterocycles. The van der Waals surface area contributed by atoms with Crippen molar-refractivity contribution in [2.45, 2.75) is 77.6 Å². The minimum absolute atomic E-state index is 0.0840. The van der Waals surface area contributed by atoms with Gasteiger partial charge in [0.15, 0.2) is 20.1 Å². The van der Waals surface area contributed by atoms with E-state index in [1.54, 1.807) is 11.2 Å². The molecule has 0 amide bonds. The molecule has 12 heteroatoms. The number of oxime groups is 1. The summed E-state index contributed by atoms with van der Waals surface area (Å²) in [6, 6.07) is 0. The van der Waals surface area contributed by atoms with Crippen LogP contribution in [0.5, 0.6) is 0 Å². The van der Waals surface area contributed by atoms with Gasteiger partial charge in [0, 0.05) is 30.3 Å². The Bertz CT molecular complexity index is 1160. The van der Waals surface area contributed by atoms with Crippen LogP contribution in [0.4, 0.5) is 5.95 Å². The number of aromatic amines is 1. The van der Waals surface area contributed by atoms with Crippen LogP contribution in [0.1, 0.15) is 47.3 Å². The van der Waals surface area contributed by atoms with Crippen molar-refractivity contribution in [3.63, 3.8) is 0 Å². The minimum Gasteiger partial charge on any atom is -0.414 e. The SMILES string of the molecule is CC(C)=NOC1C[C@H](n2cc(I)c3c(=O)[nH]c(N=CN(C)C)nc32)O[C@@H]1CO[Si](C)(C)C(C)(C)C. The summed E-state index contributed by atoms with van der Waals surface area (Å²) in [7, 11) is 1.73. The highest BCUT2D eigenvalue weighted by Gasteiger charge is 2.43. The summed E-state index contributed by atoms with van der Waals surface area (Å²) in [5, 5.41) is 4.80. The highest BCUT2D eigenvalue weighted by molar-refractivity contribution is 14.1. The Morgan fingerprint density at radius 2 is 2.09 bits per heavy atom.